The van der Waals surface area contributed by atoms with Crippen LogP contribution in [0, 0.1) is 0 Å². The summed E-state index contributed by atoms with van der Waals surface area (Å²) in [4.78, 5) is 36.1. The fourth-order valence-corrected chi connectivity index (χ4v) is 2.98. The highest BCUT2D eigenvalue weighted by atomic mass is 32.1. The molecule has 1 aliphatic heterocycles. The summed E-state index contributed by atoms with van der Waals surface area (Å²) in [5, 5.41) is 13.5. The van der Waals surface area contributed by atoms with Gasteiger partial charge >= 0.3 is 6.03 Å². The monoisotopic (exact) mass is 346 g/mol. The van der Waals surface area contributed by atoms with E-state index in [1.54, 1.807) is 0 Å². The molecular formula is C14H14N6O3S. The van der Waals surface area contributed by atoms with Crippen molar-refractivity contribution in [3.8, 4) is 0 Å². The summed E-state index contributed by atoms with van der Waals surface area (Å²) in [7, 11) is 0. The smallest absolute Gasteiger partial charge is 0.325 e. The minimum atomic E-state index is -0.577. The van der Waals surface area contributed by atoms with Gasteiger partial charge < -0.3 is 16.0 Å². The molecule has 1 fully saturated rings. The highest BCUT2D eigenvalue weighted by molar-refractivity contribution is 7.15. The summed E-state index contributed by atoms with van der Waals surface area (Å²) in [6.07, 6.45) is 0. The van der Waals surface area contributed by atoms with Gasteiger partial charge in [-0.25, -0.2) is 4.79 Å². The lowest BCUT2D eigenvalue weighted by molar-refractivity contribution is -0.122. The maximum absolute atomic E-state index is 12.3. The number of nitrogen functional groups attached to an aromatic ring is 1. The van der Waals surface area contributed by atoms with E-state index in [0.717, 1.165) is 10.5 Å². The van der Waals surface area contributed by atoms with Crippen molar-refractivity contribution in [1.29, 1.82) is 0 Å². The van der Waals surface area contributed by atoms with Gasteiger partial charge in [-0.15, -0.1) is 10.2 Å². The fraction of sp³-hybridized carbons (Fsp3) is 0.214. The topological polar surface area (TPSA) is 130 Å². The van der Waals surface area contributed by atoms with Crippen LogP contribution in [-0.4, -0.2) is 46.0 Å². The molecule has 1 atom stereocenters. The Morgan fingerprint density at radius 2 is 2.08 bits per heavy atom. The third kappa shape index (κ3) is 3.49. The first-order valence-corrected chi connectivity index (χ1v) is 7.86. The molecule has 1 aliphatic rings. The number of aromatic nitrogens is 2. The van der Waals surface area contributed by atoms with Crippen molar-refractivity contribution >= 4 is 34.3 Å². The summed E-state index contributed by atoms with van der Waals surface area (Å²) in [6, 6.07) is 8.11. The van der Waals surface area contributed by atoms with Crippen LogP contribution in [0.2, 0.25) is 0 Å². The summed E-state index contributed by atoms with van der Waals surface area (Å²) in [5.74, 6) is -0.841. The molecule has 9 nitrogen and oxygen atoms in total. The Balaban J connectivity index is 1.76. The van der Waals surface area contributed by atoms with Crippen molar-refractivity contribution in [3.05, 3.63) is 40.9 Å². The maximum atomic E-state index is 12.3. The Morgan fingerprint density at radius 1 is 1.33 bits per heavy atom. The number of nitrogens with two attached hydrogens (primary N) is 1. The molecule has 1 saturated heterocycles. The van der Waals surface area contributed by atoms with Crippen LogP contribution >= 0.6 is 11.3 Å². The van der Waals surface area contributed by atoms with Gasteiger partial charge in [0.1, 0.15) is 24.1 Å². The van der Waals surface area contributed by atoms with E-state index < -0.39 is 23.9 Å². The van der Waals surface area contributed by atoms with Crippen LogP contribution < -0.4 is 16.4 Å². The molecule has 0 radical (unpaired) electrons. The quantitative estimate of drug-likeness (QED) is 0.647. The van der Waals surface area contributed by atoms with E-state index in [2.05, 4.69) is 20.8 Å². The van der Waals surface area contributed by atoms with Gasteiger partial charge in [0.05, 0.1) is 0 Å². The highest BCUT2D eigenvalue weighted by Crippen LogP contribution is 2.25. The second-order valence-corrected chi connectivity index (χ2v) is 6.14. The van der Waals surface area contributed by atoms with E-state index >= 15 is 0 Å². The van der Waals surface area contributed by atoms with Crippen LogP contribution in [0.5, 0.6) is 0 Å². The number of carbonyl (C=O) groups excluding carboxylic acids is 3. The fourth-order valence-electron chi connectivity index (χ4n) is 2.29. The van der Waals surface area contributed by atoms with Gasteiger partial charge in [0.2, 0.25) is 16.9 Å². The van der Waals surface area contributed by atoms with Gasteiger partial charge in [0, 0.05) is 0 Å². The highest BCUT2D eigenvalue weighted by Gasteiger charge is 2.29. The first-order chi connectivity index (χ1) is 11.5. The van der Waals surface area contributed by atoms with Gasteiger partial charge in [0.15, 0.2) is 0 Å². The second-order valence-electron chi connectivity index (χ2n) is 5.10. The van der Waals surface area contributed by atoms with Crippen molar-refractivity contribution in [1.82, 2.24) is 25.7 Å². The number of hydrogen-bond acceptors (Lipinski definition) is 7. The Labute approximate surface area is 140 Å². The minimum absolute atomic E-state index is 0.131. The predicted octanol–water partition coefficient (Wildman–Crippen LogP) is -0.122. The lowest BCUT2D eigenvalue weighted by atomic mass is 10.1. The van der Waals surface area contributed by atoms with Gasteiger partial charge in [-0.1, -0.05) is 41.7 Å². The first kappa shape index (κ1) is 15.9. The molecule has 24 heavy (non-hydrogen) atoms. The molecule has 0 spiro atoms. The van der Waals surface area contributed by atoms with Crippen LogP contribution in [-0.2, 0) is 9.59 Å². The Kier molecular flexibility index (Phi) is 4.38. The SMILES string of the molecule is Nc1nnc([C@@H](NC(=O)CN2CC(=O)NC2=O)c2ccccc2)s1. The normalized spacial score (nSPS) is 15.2. The largest absolute Gasteiger partial charge is 0.374 e. The number of nitrogens with one attached hydrogen (secondary N) is 2. The molecule has 0 saturated carbocycles. The number of benzene rings is 1. The summed E-state index contributed by atoms with van der Waals surface area (Å²) in [6.45, 7) is -0.358. The van der Waals surface area contributed by atoms with Crippen molar-refractivity contribution in [2.45, 2.75) is 6.04 Å². The Hall–Kier alpha value is -3.01. The maximum Gasteiger partial charge on any atom is 0.325 e. The van der Waals surface area contributed by atoms with E-state index in [0.29, 0.717) is 10.1 Å². The van der Waals surface area contributed by atoms with E-state index in [9.17, 15) is 14.4 Å². The number of carbonyl (C=O) groups is 3. The van der Waals surface area contributed by atoms with Gasteiger partial charge in [-0.05, 0) is 5.56 Å². The average molecular weight is 346 g/mol. The van der Waals surface area contributed by atoms with E-state index in [4.69, 9.17) is 5.73 Å². The number of hydrogen-bond donors (Lipinski definition) is 3. The second kappa shape index (κ2) is 6.62. The van der Waals surface area contributed by atoms with E-state index in [1.165, 1.54) is 11.3 Å². The van der Waals surface area contributed by atoms with Crippen molar-refractivity contribution in [3.63, 3.8) is 0 Å². The summed E-state index contributed by atoms with van der Waals surface area (Å²) in [5.41, 5.74) is 6.43. The van der Waals surface area contributed by atoms with E-state index in [1.807, 2.05) is 30.3 Å². The number of rotatable bonds is 5. The molecular weight excluding hydrogens is 332 g/mol. The van der Waals surface area contributed by atoms with Crippen molar-refractivity contribution in [2.24, 2.45) is 0 Å². The Bertz CT molecular complexity index is 778. The van der Waals surface area contributed by atoms with Gasteiger partial charge in [-0.2, -0.15) is 0 Å². The van der Waals surface area contributed by atoms with Crippen molar-refractivity contribution < 1.29 is 14.4 Å². The third-order valence-electron chi connectivity index (χ3n) is 3.34. The lowest BCUT2D eigenvalue weighted by Crippen LogP contribution is -2.40. The van der Waals surface area contributed by atoms with Crippen LogP contribution in [0.3, 0.4) is 0 Å². The molecule has 0 unspecified atom stereocenters. The van der Waals surface area contributed by atoms with Crippen molar-refractivity contribution in [2.75, 3.05) is 18.8 Å². The number of anilines is 1. The summed E-state index contributed by atoms with van der Waals surface area (Å²) >= 11 is 1.17. The molecule has 124 valence electrons. The zero-order valence-corrected chi connectivity index (χ0v) is 13.2. The standard InChI is InChI=1S/C14H14N6O3S/c15-13-19-18-12(24-13)11(8-4-2-1-3-5-8)16-9(21)6-20-7-10(22)17-14(20)23/h1-5,11H,6-7H2,(H2,15,19)(H,16,21)(H,17,22,23)/t11-/m0/s1. The number of imide groups is 1. The third-order valence-corrected chi connectivity index (χ3v) is 4.16. The molecule has 2 heterocycles. The number of urea groups is 1. The Morgan fingerprint density at radius 3 is 2.67 bits per heavy atom. The molecule has 2 aromatic rings. The molecule has 3 rings (SSSR count). The minimum Gasteiger partial charge on any atom is -0.374 e. The predicted molar refractivity (Wildman–Crippen MR) is 85.9 cm³/mol. The molecule has 1 aromatic carbocycles. The average Bonchev–Trinajstić information content (AvgIpc) is 3.11. The van der Waals surface area contributed by atoms with Gasteiger partial charge in [0.25, 0.3) is 0 Å². The number of nitrogens with zero attached hydrogens (tertiary/aromatic N) is 3. The molecule has 10 heteroatoms. The zero-order chi connectivity index (χ0) is 17.1. The molecule has 1 aromatic heterocycles. The van der Waals surface area contributed by atoms with E-state index in [-0.39, 0.29) is 13.1 Å². The molecule has 4 amide bonds. The first-order valence-electron chi connectivity index (χ1n) is 7.05. The zero-order valence-electron chi connectivity index (χ0n) is 12.4. The van der Waals surface area contributed by atoms with Crippen LogP contribution in [0.25, 0.3) is 0 Å². The van der Waals surface area contributed by atoms with Gasteiger partial charge in [-0.3, -0.25) is 14.9 Å². The van der Waals surface area contributed by atoms with Crippen LogP contribution in [0.15, 0.2) is 30.3 Å². The number of amides is 4. The lowest BCUT2D eigenvalue weighted by Gasteiger charge is -2.19. The van der Waals surface area contributed by atoms with Crippen LogP contribution in [0.1, 0.15) is 16.6 Å². The van der Waals surface area contributed by atoms with Crippen LogP contribution in [0.4, 0.5) is 9.93 Å². The molecule has 0 aliphatic carbocycles. The molecule has 0 bridgehead atoms. The summed E-state index contributed by atoms with van der Waals surface area (Å²) < 4.78 is 0. The molecule has 4 N–H and O–H groups in total.